The van der Waals surface area contributed by atoms with Gasteiger partial charge in [0.1, 0.15) is 0 Å². The van der Waals surface area contributed by atoms with Crippen molar-refractivity contribution in [1.29, 1.82) is 21.3 Å². The SMILES string of the molecule is Cn1c2cc(/C=C(\C#N)C3=CC=C/C(=N/S)C3=N)sc2c2sc(/C=C(\C#N)C3=CC=C/C(=N/S)C3=N)cc21. The van der Waals surface area contributed by atoms with E-state index in [1.165, 1.54) is 0 Å². The zero-order valence-corrected chi connectivity index (χ0v) is 23.1. The minimum atomic E-state index is 0.159. The molecule has 5 rings (SSSR count). The van der Waals surface area contributed by atoms with Crippen LogP contribution in [0.5, 0.6) is 0 Å². The predicted molar refractivity (Wildman–Crippen MR) is 166 cm³/mol. The van der Waals surface area contributed by atoms with E-state index in [-0.39, 0.29) is 11.4 Å². The van der Waals surface area contributed by atoms with Crippen LogP contribution in [0.4, 0.5) is 0 Å². The maximum absolute atomic E-state index is 9.83. The summed E-state index contributed by atoms with van der Waals surface area (Å²) in [5.74, 6) is 0. The average molecular weight is 568 g/mol. The van der Waals surface area contributed by atoms with Gasteiger partial charge >= 0.3 is 0 Å². The molecular formula is C27H17N7S4. The van der Waals surface area contributed by atoms with Gasteiger partial charge in [-0.2, -0.15) is 10.5 Å². The molecule has 0 bridgehead atoms. The van der Waals surface area contributed by atoms with Gasteiger partial charge in [-0.15, -0.1) is 22.7 Å². The van der Waals surface area contributed by atoms with Gasteiger partial charge in [0.25, 0.3) is 0 Å². The summed E-state index contributed by atoms with van der Waals surface area (Å²) in [5, 5.41) is 36.4. The molecule has 0 saturated carbocycles. The van der Waals surface area contributed by atoms with Crippen LogP contribution < -0.4 is 0 Å². The van der Waals surface area contributed by atoms with Crippen molar-refractivity contribution < 1.29 is 0 Å². The van der Waals surface area contributed by atoms with E-state index < -0.39 is 0 Å². The van der Waals surface area contributed by atoms with Crippen LogP contribution in [-0.2, 0) is 7.05 Å². The third-order valence-corrected chi connectivity index (χ3v) is 8.82. The van der Waals surface area contributed by atoms with Gasteiger partial charge < -0.3 is 4.57 Å². The molecule has 3 aromatic rings. The number of hydrogen-bond acceptors (Lipinski definition) is 10. The van der Waals surface area contributed by atoms with E-state index in [4.69, 9.17) is 10.8 Å². The highest BCUT2D eigenvalue weighted by molar-refractivity contribution is 7.79. The molecule has 2 N–H and O–H groups in total. The molecule has 184 valence electrons. The molecule has 0 atom stereocenters. The molecule has 0 radical (unpaired) electrons. The number of allylic oxidation sites excluding steroid dienone is 10. The van der Waals surface area contributed by atoms with Crippen molar-refractivity contribution in [2.24, 2.45) is 15.8 Å². The van der Waals surface area contributed by atoms with E-state index in [9.17, 15) is 10.5 Å². The van der Waals surface area contributed by atoms with Crippen LogP contribution in [0, 0.1) is 33.5 Å². The number of nitrogens with one attached hydrogen (secondary N) is 2. The first-order valence-corrected chi connectivity index (χ1v) is 13.5. The van der Waals surface area contributed by atoms with E-state index in [2.05, 4.69) is 51.1 Å². The molecule has 2 aliphatic rings. The fourth-order valence-electron chi connectivity index (χ4n) is 4.22. The summed E-state index contributed by atoms with van der Waals surface area (Å²) < 4.78 is 11.9. The van der Waals surface area contributed by atoms with Crippen LogP contribution in [-0.4, -0.2) is 27.4 Å². The van der Waals surface area contributed by atoms with Crippen molar-refractivity contribution in [3.05, 3.63) is 80.6 Å². The van der Waals surface area contributed by atoms with E-state index in [1.807, 2.05) is 19.2 Å². The zero-order valence-electron chi connectivity index (χ0n) is 19.7. The average Bonchev–Trinajstić information content (AvgIpc) is 3.60. The summed E-state index contributed by atoms with van der Waals surface area (Å²) >= 11 is 11.0. The molecule has 0 fully saturated rings. The van der Waals surface area contributed by atoms with Crippen LogP contribution in [0.25, 0.3) is 32.6 Å². The lowest BCUT2D eigenvalue weighted by molar-refractivity contribution is 1.02. The molecule has 7 nitrogen and oxygen atoms in total. The van der Waals surface area contributed by atoms with Gasteiger partial charge in [-0.3, -0.25) is 10.8 Å². The lowest BCUT2D eigenvalue weighted by Gasteiger charge is -2.10. The van der Waals surface area contributed by atoms with Crippen molar-refractivity contribution in [3.63, 3.8) is 0 Å². The second kappa shape index (κ2) is 10.4. The summed E-state index contributed by atoms with van der Waals surface area (Å²) in [4.78, 5) is 1.79. The third-order valence-electron chi connectivity index (χ3n) is 6.09. The number of nitriles is 2. The van der Waals surface area contributed by atoms with Gasteiger partial charge in [0.15, 0.2) is 0 Å². The molecule has 0 spiro atoms. The van der Waals surface area contributed by atoms with Gasteiger partial charge in [0, 0.05) is 27.9 Å². The molecule has 3 heterocycles. The zero-order chi connectivity index (χ0) is 27.0. The maximum Gasteiger partial charge on any atom is 0.0999 e. The second-order valence-electron chi connectivity index (χ2n) is 8.22. The number of fused-ring (bicyclic) bond motifs is 3. The molecule has 0 unspecified atom stereocenters. The Morgan fingerprint density at radius 2 is 1.26 bits per heavy atom. The fourth-order valence-corrected chi connectivity index (χ4v) is 6.96. The van der Waals surface area contributed by atoms with Crippen molar-refractivity contribution in [2.75, 3.05) is 0 Å². The molecule has 2 aliphatic carbocycles. The van der Waals surface area contributed by atoms with E-state index in [1.54, 1.807) is 71.3 Å². The fraction of sp³-hybridized carbons (Fsp3) is 0.0370. The van der Waals surface area contributed by atoms with Crippen LogP contribution in [0.2, 0.25) is 0 Å². The summed E-state index contributed by atoms with van der Waals surface area (Å²) in [7, 11) is 1.99. The Kier molecular flexibility index (Phi) is 7.02. The van der Waals surface area contributed by atoms with Crippen LogP contribution in [0.1, 0.15) is 9.75 Å². The van der Waals surface area contributed by atoms with Crippen LogP contribution in [0.15, 0.2) is 79.7 Å². The van der Waals surface area contributed by atoms with Gasteiger partial charge in [0.2, 0.25) is 0 Å². The minimum absolute atomic E-state index is 0.159. The van der Waals surface area contributed by atoms with E-state index >= 15 is 0 Å². The summed E-state index contributed by atoms with van der Waals surface area (Å²) in [6, 6.07) is 8.51. The number of aromatic nitrogens is 1. The highest BCUT2D eigenvalue weighted by Gasteiger charge is 2.20. The Balaban J connectivity index is 1.54. The molecule has 3 aromatic heterocycles. The lowest BCUT2D eigenvalue weighted by Crippen LogP contribution is -2.16. The predicted octanol–water partition coefficient (Wildman–Crippen LogP) is 6.87. The third kappa shape index (κ3) is 4.36. The normalized spacial score (nSPS) is 18.4. The number of nitrogens with zero attached hydrogens (tertiary/aromatic N) is 5. The lowest BCUT2D eigenvalue weighted by atomic mass is 9.94. The molecule has 0 aromatic carbocycles. The second-order valence-corrected chi connectivity index (χ2v) is 10.8. The Labute approximate surface area is 237 Å². The van der Waals surface area contributed by atoms with Gasteiger partial charge in [0.05, 0.1) is 66.6 Å². The highest BCUT2D eigenvalue weighted by Crippen LogP contribution is 2.41. The first kappa shape index (κ1) is 25.6. The molecule has 11 heteroatoms. The summed E-state index contributed by atoms with van der Waals surface area (Å²) in [6.45, 7) is 0. The number of thiol groups is 2. The molecule has 0 saturated heterocycles. The maximum atomic E-state index is 9.83. The molecule has 0 amide bonds. The Hall–Kier alpha value is -4.00. The van der Waals surface area contributed by atoms with Crippen LogP contribution in [0.3, 0.4) is 0 Å². The Bertz CT molecular complexity index is 1760. The number of rotatable bonds is 4. The van der Waals surface area contributed by atoms with Gasteiger partial charge in [-0.25, -0.2) is 8.80 Å². The minimum Gasteiger partial charge on any atom is -0.342 e. The number of hydrogen-bond donors (Lipinski definition) is 4. The smallest absolute Gasteiger partial charge is 0.0999 e. The first-order chi connectivity index (χ1) is 18.4. The van der Waals surface area contributed by atoms with Crippen molar-refractivity contribution in [1.82, 2.24) is 4.57 Å². The standard InChI is InChI=1S/C27H17N7S4/c1-34-22-10-16(8-14(12-28)18-4-2-6-20(32-35)24(18)30)37-26(22)27-23(34)11-17(38-27)9-15(13-29)19-5-3-7-21(33-36)25(19)31/h2-11,30-31,35-36H,1H3/b14-8+,15-9+,30-24?,31-25?,32-20-,33-21-. The topological polar surface area (TPSA) is 125 Å². The quantitative estimate of drug-likeness (QED) is 0.156. The van der Waals surface area contributed by atoms with Crippen molar-refractivity contribution >= 4 is 104 Å². The van der Waals surface area contributed by atoms with Crippen LogP contribution >= 0.6 is 48.3 Å². The first-order valence-electron chi connectivity index (χ1n) is 11.1. The Morgan fingerprint density at radius 1 is 0.842 bits per heavy atom. The number of aryl methyl sites for hydroxylation is 1. The molecular weight excluding hydrogens is 551 g/mol. The van der Waals surface area contributed by atoms with E-state index in [0.717, 1.165) is 30.2 Å². The largest absolute Gasteiger partial charge is 0.342 e. The summed E-state index contributed by atoms with van der Waals surface area (Å²) in [5.41, 5.74) is 4.98. The van der Waals surface area contributed by atoms with Gasteiger partial charge in [-0.1, -0.05) is 24.3 Å². The Morgan fingerprint density at radius 3 is 1.63 bits per heavy atom. The van der Waals surface area contributed by atoms with Gasteiger partial charge in [-0.05, 0) is 62.1 Å². The van der Waals surface area contributed by atoms with Crippen molar-refractivity contribution in [3.8, 4) is 12.1 Å². The molecule has 0 aliphatic heterocycles. The molecule has 38 heavy (non-hydrogen) atoms. The van der Waals surface area contributed by atoms with Crippen molar-refractivity contribution in [2.45, 2.75) is 0 Å². The highest BCUT2D eigenvalue weighted by atomic mass is 32.1. The number of thiophene rings is 2. The summed E-state index contributed by atoms with van der Waals surface area (Å²) in [6.07, 6.45) is 13.9. The monoisotopic (exact) mass is 567 g/mol. The van der Waals surface area contributed by atoms with E-state index in [0.29, 0.717) is 33.7 Å².